The number of aliphatic hydroxyl groups excluding tert-OH is 1. The van der Waals surface area contributed by atoms with Gasteiger partial charge in [0.05, 0.1) is 11.7 Å². The van der Waals surface area contributed by atoms with E-state index in [4.69, 9.17) is 0 Å². The molecule has 0 aliphatic heterocycles. The van der Waals surface area contributed by atoms with Crippen LogP contribution >= 0.6 is 11.8 Å². The summed E-state index contributed by atoms with van der Waals surface area (Å²) < 4.78 is 0. The van der Waals surface area contributed by atoms with Gasteiger partial charge >= 0.3 is 0 Å². The highest BCUT2D eigenvalue weighted by Gasteiger charge is 2.44. The summed E-state index contributed by atoms with van der Waals surface area (Å²) in [5, 5.41) is 32.5. The van der Waals surface area contributed by atoms with E-state index in [-0.39, 0.29) is 6.42 Å². The van der Waals surface area contributed by atoms with Crippen molar-refractivity contribution in [3.8, 4) is 0 Å². The first-order valence-electron chi connectivity index (χ1n) is 12.1. The molecule has 174 valence electrons. The third kappa shape index (κ3) is 5.08. The lowest BCUT2D eigenvalue weighted by atomic mass is 9.64. The number of hydrogen-bond acceptors (Lipinski definition) is 4. The zero-order valence-corrected chi connectivity index (χ0v) is 20.7. The molecular weight excluding hydrogens is 404 g/mol. The van der Waals surface area contributed by atoms with Gasteiger partial charge < -0.3 is 15.3 Å². The maximum atomic E-state index is 11.3. The molecule has 0 bridgehead atoms. The highest BCUT2D eigenvalue weighted by Crippen LogP contribution is 2.55. The van der Waals surface area contributed by atoms with Crippen molar-refractivity contribution >= 4 is 11.8 Å². The second-order valence-corrected chi connectivity index (χ2v) is 11.5. The van der Waals surface area contributed by atoms with Crippen molar-refractivity contribution in [1.82, 2.24) is 0 Å². The van der Waals surface area contributed by atoms with Gasteiger partial charge in [-0.05, 0) is 67.4 Å². The van der Waals surface area contributed by atoms with E-state index in [0.717, 1.165) is 30.4 Å². The Morgan fingerprint density at radius 3 is 2.61 bits per heavy atom. The minimum Gasteiger partial charge on any atom is -0.389 e. The van der Waals surface area contributed by atoms with E-state index in [1.807, 2.05) is 13.8 Å². The fourth-order valence-electron chi connectivity index (χ4n) is 5.78. The van der Waals surface area contributed by atoms with Crippen LogP contribution in [0.3, 0.4) is 0 Å². The van der Waals surface area contributed by atoms with E-state index >= 15 is 0 Å². The highest BCUT2D eigenvalue weighted by atomic mass is 32.2. The van der Waals surface area contributed by atoms with E-state index in [2.05, 4.69) is 38.7 Å². The second-order valence-electron chi connectivity index (χ2n) is 10.2. The van der Waals surface area contributed by atoms with Gasteiger partial charge in [-0.2, -0.15) is 0 Å². The van der Waals surface area contributed by atoms with Crippen molar-refractivity contribution in [2.45, 2.75) is 102 Å². The molecule has 3 nitrogen and oxygen atoms in total. The maximum Gasteiger partial charge on any atom is 0.117 e. The van der Waals surface area contributed by atoms with Gasteiger partial charge in [0.1, 0.15) is 4.93 Å². The summed E-state index contributed by atoms with van der Waals surface area (Å²) in [7, 11) is 0. The average Bonchev–Trinajstić information content (AvgIpc) is 3.10. The van der Waals surface area contributed by atoms with Crippen LogP contribution in [-0.2, 0) is 0 Å². The van der Waals surface area contributed by atoms with Gasteiger partial charge in [-0.15, -0.1) is 11.8 Å². The van der Waals surface area contributed by atoms with Crippen molar-refractivity contribution in [3.05, 3.63) is 47.1 Å². The number of hydrogen-bond donors (Lipinski definition) is 3. The Morgan fingerprint density at radius 1 is 1.26 bits per heavy atom. The van der Waals surface area contributed by atoms with Crippen LogP contribution in [-0.4, -0.2) is 37.7 Å². The minimum atomic E-state index is -1.07. The number of fused-ring (bicyclic) bond motifs is 1. The third-order valence-electron chi connectivity index (χ3n) is 8.31. The lowest BCUT2D eigenvalue weighted by Crippen LogP contribution is -2.40. The topological polar surface area (TPSA) is 60.7 Å². The summed E-state index contributed by atoms with van der Waals surface area (Å²) in [5.74, 6) is 1.04. The summed E-state index contributed by atoms with van der Waals surface area (Å²) in [5.41, 5.74) is 4.29. The molecule has 2 saturated carbocycles. The minimum absolute atomic E-state index is 0.262. The number of rotatable bonds is 7. The largest absolute Gasteiger partial charge is 0.389 e. The molecule has 0 aromatic heterocycles. The molecule has 4 atom stereocenters. The van der Waals surface area contributed by atoms with Crippen LogP contribution in [0.25, 0.3) is 0 Å². The summed E-state index contributed by atoms with van der Waals surface area (Å²) >= 11 is 1.38. The van der Waals surface area contributed by atoms with Crippen LogP contribution in [0.4, 0.5) is 0 Å². The molecule has 2 fully saturated rings. The van der Waals surface area contributed by atoms with Crippen LogP contribution in [0, 0.1) is 11.3 Å². The Morgan fingerprint density at radius 2 is 1.97 bits per heavy atom. The van der Waals surface area contributed by atoms with Crippen molar-refractivity contribution in [3.63, 3.8) is 0 Å². The van der Waals surface area contributed by atoms with Crippen LogP contribution in [0.5, 0.6) is 0 Å². The summed E-state index contributed by atoms with van der Waals surface area (Å²) in [6, 6.07) is 0. The first kappa shape index (κ1) is 24.8. The number of thioether (sulfide) groups is 1. The monoisotopic (exact) mass is 446 g/mol. The molecule has 3 rings (SSSR count). The van der Waals surface area contributed by atoms with E-state index in [1.165, 1.54) is 30.2 Å². The summed E-state index contributed by atoms with van der Waals surface area (Å²) in [4.78, 5) is -1.07. The molecule has 0 unspecified atom stereocenters. The molecule has 31 heavy (non-hydrogen) atoms. The summed E-state index contributed by atoms with van der Waals surface area (Å²) in [6.45, 7) is 12.8. The lowest BCUT2D eigenvalue weighted by Gasteiger charge is -2.41. The predicted octanol–water partition coefficient (Wildman–Crippen LogP) is 6.07. The molecule has 0 amide bonds. The quantitative estimate of drug-likeness (QED) is 0.328. The zero-order valence-electron chi connectivity index (χ0n) is 19.9. The predicted molar refractivity (Wildman–Crippen MR) is 132 cm³/mol. The van der Waals surface area contributed by atoms with Gasteiger partial charge in [-0.3, -0.25) is 0 Å². The van der Waals surface area contributed by atoms with Crippen molar-refractivity contribution in [2.75, 3.05) is 5.75 Å². The van der Waals surface area contributed by atoms with E-state index in [0.29, 0.717) is 36.3 Å². The molecule has 0 radical (unpaired) electrons. The Balaban J connectivity index is 1.78. The Hall–Kier alpha value is -0.810. The summed E-state index contributed by atoms with van der Waals surface area (Å²) in [6.07, 6.45) is 14.0. The van der Waals surface area contributed by atoms with Crippen LogP contribution in [0.15, 0.2) is 47.1 Å². The molecule has 3 aliphatic rings. The molecule has 3 N–H and O–H groups in total. The smallest absolute Gasteiger partial charge is 0.117 e. The number of aliphatic hydroxyl groups is 3. The Bertz CT molecular complexity index is 775. The van der Waals surface area contributed by atoms with E-state index in [1.54, 1.807) is 5.57 Å². The third-order valence-corrected chi connectivity index (χ3v) is 9.84. The molecule has 4 heteroatoms. The number of allylic oxidation sites excluding steroid dienone is 5. The zero-order chi connectivity index (χ0) is 22.9. The van der Waals surface area contributed by atoms with Gasteiger partial charge in [0.25, 0.3) is 0 Å². The van der Waals surface area contributed by atoms with Crippen molar-refractivity contribution in [2.24, 2.45) is 11.3 Å². The van der Waals surface area contributed by atoms with Crippen LogP contribution in [0.2, 0.25) is 0 Å². The van der Waals surface area contributed by atoms with Crippen LogP contribution in [0.1, 0.15) is 85.5 Å². The first-order chi connectivity index (χ1) is 14.6. The Kier molecular flexibility index (Phi) is 7.68. The van der Waals surface area contributed by atoms with Gasteiger partial charge in [-0.1, -0.05) is 63.6 Å². The van der Waals surface area contributed by atoms with E-state index in [9.17, 15) is 15.3 Å². The lowest BCUT2D eigenvalue weighted by molar-refractivity contribution is 0.0461. The molecule has 0 aromatic carbocycles. The fraction of sp³-hybridized carbons (Fsp3) is 0.704. The van der Waals surface area contributed by atoms with Gasteiger partial charge in [0.15, 0.2) is 0 Å². The molecule has 0 spiro atoms. The Labute approximate surface area is 193 Å². The standard InChI is InChI=1S/C27H42O3S/c1-6-22-13-14-23-20(10-9-15-25(22,23)5)11-12-21-16-27(30,17-24(28)19(21)4)31-18-26(29,7-2)8-3/h11-13,23-24,28-30H,4,6-10,14-18H2,1-3,5H3/t23-,24+,25-,27+/m1/s1. The van der Waals surface area contributed by atoms with Crippen LogP contribution < -0.4 is 0 Å². The van der Waals surface area contributed by atoms with Gasteiger partial charge in [0.2, 0.25) is 0 Å². The van der Waals surface area contributed by atoms with Gasteiger partial charge in [-0.25, -0.2) is 0 Å². The van der Waals surface area contributed by atoms with Crippen molar-refractivity contribution in [1.29, 1.82) is 0 Å². The van der Waals surface area contributed by atoms with Crippen molar-refractivity contribution < 1.29 is 15.3 Å². The molecule has 0 heterocycles. The first-order valence-corrected chi connectivity index (χ1v) is 13.1. The fourth-order valence-corrected chi connectivity index (χ4v) is 7.26. The molecule has 3 aliphatic carbocycles. The molecule has 0 aromatic rings. The average molecular weight is 447 g/mol. The van der Waals surface area contributed by atoms with Gasteiger partial charge in [0, 0.05) is 18.6 Å². The second kappa shape index (κ2) is 9.59. The van der Waals surface area contributed by atoms with E-state index < -0.39 is 16.6 Å². The molecule has 0 saturated heterocycles. The highest BCUT2D eigenvalue weighted by molar-refractivity contribution is 8.00. The normalized spacial score (nSPS) is 36.7. The molecular formula is C27H42O3S. The SMILES string of the molecule is C=C1C(=CC=C2CCC[C@]3(C)C(CC)=CC[C@H]23)C[C@](O)(SCC(O)(CC)CC)C[C@@H]1O. The maximum absolute atomic E-state index is 11.3.